The maximum absolute atomic E-state index is 13.1. The fourth-order valence-electron chi connectivity index (χ4n) is 3.96. The van der Waals surface area contributed by atoms with Gasteiger partial charge in [0, 0.05) is 33.7 Å². The van der Waals surface area contributed by atoms with E-state index in [0.29, 0.717) is 4.91 Å². The summed E-state index contributed by atoms with van der Waals surface area (Å²) in [6, 6.07) is 24.3. The van der Waals surface area contributed by atoms with E-state index < -0.39 is 0 Å². The number of imide groups is 1. The highest BCUT2D eigenvalue weighted by molar-refractivity contribution is 9.10. The summed E-state index contributed by atoms with van der Waals surface area (Å²) >= 11 is 4.41. The van der Waals surface area contributed by atoms with Crippen molar-refractivity contribution in [1.82, 2.24) is 9.47 Å². The summed E-state index contributed by atoms with van der Waals surface area (Å²) in [5, 5.41) is 0.821. The van der Waals surface area contributed by atoms with Gasteiger partial charge in [-0.05, 0) is 54.1 Å². The van der Waals surface area contributed by atoms with Crippen LogP contribution in [-0.4, -0.2) is 20.6 Å². The van der Waals surface area contributed by atoms with Crippen LogP contribution in [0.4, 0.5) is 4.79 Å². The summed E-state index contributed by atoms with van der Waals surface area (Å²) in [4.78, 5) is 27.4. The lowest BCUT2D eigenvalue weighted by molar-refractivity contribution is -0.123. The van der Waals surface area contributed by atoms with Gasteiger partial charge in [-0.15, -0.1) is 0 Å². The van der Waals surface area contributed by atoms with E-state index in [1.54, 1.807) is 0 Å². The van der Waals surface area contributed by atoms with Gasteiger partial charge in [0.1, 0.15) is 0 Å². The van der Waals surface area contributed by atoms with Gasteiger partial charge in [-0.1, -0.05) is 76.1 Å². The minimum atomic E-state index is -0.247. The zero-order chi connectivity index (χ0) is 22.9. The molecule has 2 heterocycles. The van der Waals surface area contributed by atoms with E-state index in [-0.39, 0.29) is 17.7 Å². The molecule has 3 aromatic carbocycles. The van der Waals surface area contributed by atoms with Crippen LogP contribution in [-0.2, 0) is 17.9 Å². The van der Waals surface area contributed by atoms with Crippen molar-refractivity contribution >= 4 is 55.8 Å². The Balaban J connectivity index is 1.45. The molecule has 0 aliphatic carbocycles. The van der Waals surface area contributed by atoms with E-state index in [9.17, 15) is 9.59 Å². The number of fused-ring (bicyclic) bond motifs is 1. The molecule has 0 atom stereocenters. The molecule has 5 rings (SSSR count). The molecule has 0 N–H and O–H groups in total. The number of amides is 2. The van der Waals surface area contributed by atoms with Crippen molar-refractivity contribution in [1.29, 1.82) is 0 Å². The second-order valence-electron chi connectivity index (χ2n) is 8.11. The van der Waals surface area contributed by atoms with Gasteiger partial charge in [-0.25, -0.2) is 0 Å². The molecule has 0 radical (unpaired) electrons. The zero-order valence-corrected chi connectivity index (χ0v) is 20.4. The number of nitrogens with zero attached hydrogens (tertiary/aromatic N) is 2. The topological polar surface area (TPSA) is 42.3 Å². The van der Waals surface area contributed by atoms with Gasteiger partial charge in [-0.3, -0.25) is 14.5 Å². The fraction of sp³-hybridized carbons (Fsp3) is 0.111. The molecular formula is C27H21BrN2O2S. The van der Waals surface area contributed by atoms with Crippen molar-refractivity contribution in [3.8, 4) is 0 Å². The van der Waals surface area contributed by atoms with Crippen molar-refractivity contribution < 1.29 is 9.59 Å². The van der Waals surface area contributed by atoms with Crippen molar-refractivity contribution in [2.75, 3.05) is 0 Å². The number of benzene rings is 3. The second kappa shape index (κ2) is 9.04. The van der Waals surface area contributed by atoms with Gasteiger partial charge in [0.15, 0.2) is 0 Å². The summed E-state index contributed by atoms with van der Waals surface area (Å²) in [7, 11) is 0. The second-order valence-corrected chi connectivity index (χ2v) is 10.0. The summed E-state index contributed by atoms with van der Waals surface area (Å²) in [6.45, 7) is 3.08. The molecule has 4 aromatic rings. The number of thioether (sulfide) groups is 1. The first-order chi connectivity index (χ1) is 16.0. The maximum Gasteiger partial charge on any atom is 0.293 e. The van der Waals surface area contributed by atoms with Gasteiger partial charge in [0.25, 0.3) is 11.1 Å². The smallest absolute Gasteiger partial charge is 0.293 e. The molecule has 0 unspecified atom stereocenters. The normalized spacial score (nSPS) is 15.2. The van der Waals surface area contributed by atoms with Crippen LogP contribution in [0.25, 0.3) is 17.0 Å². The first-order valence-corrected chi connectivity index (χ1v) is 12.2. The summed E-state index contributed by atoms with van der Waals surface area (Å²) in [5.41, 5.74) is 5.39. The summed E-state index contributed by atoms with van der Waals surface area (Å²) in [5.74, 6) is -0.247. The highest BCUT2D eigenvalue weighted by atomic mass is 79.9. The minimum Gasteiger partial charge on any atom is -0.342 e. The number of aryl methyl sites for hydroxylation is 1. The number of halogens is 1. The fourth-order valence-corrected chi connectivity index (χ4v) is 5.05. The number of para-hydroxylation sites is 1. The zero-order valence-electron chi connectivity index (χ0n) is 18.0. The number of rotatable bonds is 5. The van der Waals surface area contributed by atoms with Gasteiger partial charge in [0.2, 0.25) is 0 Å². The van der Waals surface area contributed by atoms with Crippen LogP contribution >= 0.6 is 27.7 Å². The van der Waals surface area contributed by atoms with Crippen molar-refractivity contribution in [3.05, 3.63) is 111 Å². The molecule has 2 amide bonds. The first kappa shape index (κ1) is 21.7. The van der Waals surface area contributed by atoms with E-state index in [2.05, 4.69) is 70.0 Å². The van der Waals surface area contributed by atoms with Crippen LogP contribution in [0.2, 0.25) is 0 Å². The number of aromatic nitrogens is 1. The quantitative estimate of drug-likeness (QED) is 0.268. The third kappa shape index (κ3) is 4.54. The first-order valence-electron chi connectivity index (χ1n) is 10.6. The van der Waals surface area contributed by atoms with E-state index in [1.807, 2.05) is 42.5 Å². The summed E-state index contributed by atoms with van der Waals surface area (Å²) in [6.07, 6.45) is 3.91. The lowest BCUT2D eigenvalue weighted by Gasteiger charge is -2.12. The van der Waals surface area contributed by atoms with E-state index in [0.717, 1.165) is 44.8 Å². The monoisotopic (exact) mass is 516 g/mol. The minimum absolute atomic E-state index is 0.238. The Bertz CT molecular complexity index is 1390. The van der Waals surface area contributed by atoms with Crippen LogP contribution in [0.1, 0.15) is 22.3 Å². The predicted octanol–water partition coefficient (Wildman–Crippen LogP) is 7.00. The molecule has 1 aromatic heterocycles. The predicted molar refractivity (Wildman–Crippen MR) is 138 cm³/mol. The molecule has 1 saturated heterocycles. The van der Waals surface area contributed by atoms with Gasteiger partial charge >= 0.3 is 0 Å². The molecule has 1 fully saturated rings. The number of hydrogen-bond acceptors (Lipinski definition) is 3. The van der Waals surface area contributed by atoms with Crippen LogP contribution in [0.5, 0.6) is 0 Å². The molecule has 0 saturated carbocycles. The molecule has 6 heteroatoms. The Kier molecular flexibility index (Phi) is 5.96. The maximum atomic E-state index is 13.1. The van der Waals surface area contributed by atoms with Crippen molar-refractivity contribution in [3.63, 3.8) is 0 Å². The van der Waals surface area contributed by atoms with Gasteiger partial charge in [0.05, 0.1) is 11.4 Å². The Morgan fingerprint density at radius 3 is 2.30 bits per heavy atom. The van der Waals surface area contributed by atoms with E-state index in [1.165, 1.54) is 16.0 Å². The molecule has 33 heavy (non-hydrogen) atoms. The average Bonchev–Trinajstić information content (AvgIpc) is 3.29. The van der Waals surface area contributed by atoms with Gasteiger partial charge in [-0.2, -0.15) is 0 Å². The molecule has 4 nitrogen and oxygen atoms in total. The molecular weight excluding hydrogens is 496 g/mol. The van der Waals surface area contributed by atoms with Crippen LogP contribution < -0.4 is 0 Å². The standard InChI is InChI=1S/C27H21BrN2O2S/c1-18-6-8-19(9-7-18)15-29-17-21(23-4-2-3-5-24(23)29)14-25-26(31)30(27(32)33-25)16-20-10-12-22(28)13-11-20/h2-14,17H,15-16H2,1H3/b25-14-. The van der Waals surface area contributed by atoms with Crippen LogP contribution in [0, 0.1) is 6.92 Å². The largest absolute Gasteiger partial charge is 0.342 e. The lowest BCUT2D eigenvalue weighted by atomic mass is 10.1. The van der Waals surface area contributed by atoms with Crippen molar-refractivity contribution in [2.45, 2.75) is 20.0 Å². The van der Waals surface area contributed by atoms with Crippen molar-refractivity contribution in [2.24, 2.45) is 0 Å². The van der Waals surface area contributed by atoms with E-state index >= 15 is 0 Å². The average molecular weight is 517 g/mol. The van der Waals surface area contributed by atoms with Crippen LogP contribution in [0.15, 0.2) is 88.4 Å². The SMILES string of the molecule is Cc1ccc(Cn2cc(/C=C3\SC(=O)N(Cc4ccc(Br)cc4)C3=O)c3ccccc32)cc1. The number of carbonyl (C=O) groups excluding carboxylic acids is 2. The van der Waals surface area contributed by atoms with Crippen LogP contribution in [0.3, 0.4) is 0 Å². The van der Waals surface area contributed by atoms with Gasteiger partial charge < -0.3 is 4.57 Å². The number of carbonyl (C=O) groups is 2. The third-order valence-electron chi connectivity index (χ3n) is 5.71. The highest BCUT2D eigenvalue weighted by Crippen LogP contribution is 2.35. The highest BCUT2D eigenvalue weighted by Gasteiger charge is 2.35. The molecule has 0 spiro atoms. The lowest BCUT2D eigenvalue weighted by Crippen LogP contribution is -2.27. The Morgan fingerprint density at radius 2 is 1.55 bits per heavy atom. The number of hydrogen-bond donors (Lipinski definition) is 0. The Morgan fingerprint density at radius 1 is 0.879 bits per heavy atom. The summed E-state index contributed by atoms with van der Waals surface area (Å²) < 4.78 is 3.15. The van der Waals surface area contributed by atoms with E-state index in [4.69, 9.17) is 0 Å². The molecule has 1 aliphatic heterocycles. The molecule has 164 valence electrons. The molecule has 0 bridgehead atoms. The Hall–Kier alpha value is -3.09. The molecule has 1 aliphatic rings. The Labute approximate surface area is 205 Å². The third-order valence-corrected chi connectivity index (χ3v) is 7.14.